The van der Waals surface area contributed by atoms with E-state index in [4.69, 9.17) is 0 Å². The number of nitrogens with one attached hydrogen (secondary N) is 2. The molecule has 60 valence electrons. The predicted octanol–water partition coefficient (Wildman–Crippen LogP) is 0.760. The van der Waals surface area contributed by atoms with Gasteiger partial charge in [-0.25, -0.2) is 0 Å². The van der Waals surface area contributed by atoms with Gasteiger partial charge in [-0.05, 0) is 0 Å². The fraction of sp³-hybridized carbons (Fsp3) is 0.750. The van der Waals surface area contributed by atoms with Crippen LogP contribution in [0.4, 0.5) is 0 Å². The molecule has 1 saturated heterocycles. The molecule has 1 fully saturated rings. The Balaban J connectivity index is 0.000000371. The zero-order valence-electron chi connectivity index (χ0n) is 6.98. The zero-order valence-corrected chi connectivity index (χ0v) is 6.98. The fourth-order valence-corrected chi connectivity index (χ4v) is 0.842. The molecule has 1 heterocycles. The normalized spacial score (nSPS) is 24.4. The lowest BCUT2D eigenvalue weighted by molar-refractivity contribution is 0.471. The first kappa shape index (κ1) is 9.66. The fourth-order valence-electron chi connectivity index (χ4n) is 0.842. The van der Waals surface area contributed by atoms with E-state index in [1.165, 1.54) is 0 Å². The zero-order chi connectivity index (χ0) is 7.82. The van der Waals surface area contributed by atoms with E-state index in [0.717, 1.165) is 19.6 Å². The molecule has 0 radical (unpaired) electrons. The Kier molecular flexibility index (Phi) is 6.55. The highest BCUT2D eigenvalue weighted by molar-refractivity contribution is 4.89. The van der Waals surface area contributed by atoms with Gasteiger partial charge in [-0.2, -0.15) is 0 Å². The van der Waals surface area contributed by atoms with Gasteiger partial charge in [0, 0.05) is 25.7 Å². The summed E-state index contributed by atoms with van der Waals surface area (Å²) in [5.41, 5.74) is 0. The Hall–Kier alpha value is -0.340. The van der Waals surface area contributed by atoms with Crippen LogP contribution in [0.5, 0.6) is 0 Å². The quantitative estimate of drug-likeness (QED) is 0.528. The van der Waals surface area contributed by atoms with Crippen molar-refractivity contribution in [3.63, 3.8) is 0 Å². The third kappa shape index (κ3) is 3.64. The summed E-state index contributed by atoms with van der Waals surface area (Å²) in [5.74, 6) is 0. The van der Waals surface area contributed by atoms with Crippen molar-refractivity contribution in [2.24, 2.45) is 0 Å². The minimum atomic E-state index is 0.490. The molecule has 2 heteroatoms. The topological polar surface area (TPSA) is 24.1 Å². The predicted molar refractivity (Wildman–Crippen MR) is 46.2 cm³/mol. The van der Waals surface area contributed by atoms with Crippen LogP contribution in [-0.4, -0.2) is 25.7 Å². The standard InChI is InChI=1S/C6H12N2.C2H6/c1-2-6-5-7-3-4-8-6;1-2/h2,6-8H,1,3-5H2;1-2H3. The lowest BCUT2D eigenvalue weighted by atomic mass is 10.2. The monoisotopic (exact) mass is 142 g/mol. The second-order valence-corrected chi connectivity index (χ2v) is 2.00. The van der Waals surface area contributed by atoms with Crippen molar-refractivity contribution in [2.75, 3.05) is 19.6 Å². The summed E-state index contributed by atoms with van der Waals surface area (Å²) in [5, 5.41) is 6.54. The average molecular weight is 142 g/mol. The minimum absolute atomic E-state index is 0.490. The van der Waals surface area contributed by atoms with Gasteiger partial charge >= 0.3 is 0 Å². The van der Waals surface area contributed by atoms with Crippen LogP contribution >= 0.6 is 0 Å². The molecular formula is C8H18N2. The molecule has 1 aliphatic rings. The van der Waals surface area contributed by atoms with Crippen LogP contribution in [0.15, 0.2) is 12.7 Å². The molecule has 0 aromatic heterocycles. The van der Waals surface area contributed by atoms with E-state index in [-0.39, 0.29) is 0 Å². The van der Waals surface area contributed by atoms with E-state index < -0.39 is 0 Å². The van der Waals surface area contributed by atoms with Gasteiger partial charge in [0.25, 0.3) is 0 Å². The highest BCUT2D eigenvalue weighted by Crippen LogP contribution is 1.85. The summed E-state index contributed by atoms with van der Waals surface area (Å²) in [6.07, 6.45) is 1.94. The maximum absolute atomic E-state index is 3.68. The average Bonchev–Trinajstić information content (AvgIpc) is 2.10. The molecule has 0 saturated carbocycles. The SMILES string of the molecule is C=CC1CNCCN1.CC. The van der Waals surface area contributed by atoms with E-state index in [1.54, 1.807) is 0 Å². The lowest BCUT2D eigenvalue weighted by Gasteiger charge is -2.20. The van der Waals surface area contributed by atoms with E-state index in [1.807, 2.05) is 19.9 Å². The molecule has 0 aromatic carbocycles. The van der Waals surface area contributed by atoms with Gasteiger partial charge < -0.3 is 10.6 Å². The summed E-state index contributed by atoms with van der Waals surface area (Å²) in [6.45, 7) is 10.9. The summed E-state index contributed by atoms with van der Waals surface area (Å²) < 4.78 is 0. The lowest BCUT2D eigenvalue weighted by Crippen LogP contribution is -2.46. The Bertz CT molecular complexity index is 75.3. The summed E-state index contributed by atoms with van der Waals surface area (Å²) in [6, 6.07) is 0.490. The minimum Gasteiger partial charge on any atom is -0.314 e. The molecule has 0 aromatic rings. The highest BCUT2D eigenvalue weighted by Gasteiger charge is 2.05. The van der Waals surface area contributed by atoms with E-state index in [2.05, 4.69) is 17.2 Å². The summed E-state index contributed by atoms with van der Waals surface area (Å²) in [7, 11) is 0. The highest BCUT2D eigenvalue weighted by atomic mass is 15.0. The maximum atomic E-state index is 3.68. The van der Waals surface area contributed by atoms with Crippen molar-refractivity contribution in [1.29, 1.82) is 0 Å². The molecule has 2 N–H and O–H groups in total. The van der Waals surface area contributed by atoms with E-state index in [0.29, 0.717) is 6.04 Å². The van der Waals surface area contributed by atoms with Crippen LogP contribution < -0.4 is 10.6 Å². The summed E-state index contributed by atoms with van der Waals surface area (Å²) >= 11 is 0. The molecule has 1 atom stereocenters. The molecule has 2 nitrogen and oxygen atoms in total. The van der Waals surface area contributed by atoms with Gasteiger partial charge in [-0.1, -0.05) is 19.9 Å². The van der Waals surface area contributed by atoms with Crippen molar-refractivity contribution < 1.29 is 0 Å². The summed E-state index contributed by atoms with van der Waals surface area (Å²) in [4.78, 5) is 0. The van der Waals surface area contributed by atoms with Crippen molar-refractivity contribution in [3.8, 4) is 0 Å². The van der Waals surface area contributed by atoms with Gasteiger partial charge in [0.05, 0.1) is 0 Å². The first-order valence-corrected chi connectivity index (χ1v) is 4.00. The molecule has 1 unspecified atom stereocenters. The molecule has 10 heavy (non-hydrogen) atoms. The smallest absolute Gasteiger partial charge is 0.0373 e. The van der Waals surface area contributed by atoms with Gasteiger partial charge in [0.2, 0.25) is 0 Å². The van der Waals surface area contributed by atoms with Gasteiger partial charge in [0.1, 0.15) is 0 Å². The van der Waals surface area contributed by atoms with Crippen LogP contribution in [0.1, 0.15) is 13.8 Å². The van der Waals surface area contributed by atoms with Gasteiger partial charge in [-0.15, -0.1) is 6.58 Å². The first-order valence-electron chi connectivity index (χ1n) is 4.00. The second-order valence-electron chi connectivity index (χ2n) is 2.00. The number of piperazine rings is 1. The third-order valence-electron chi connectivity index (χ3n) is 1.36. The number of hydrogen-bond acceptors (Lipinski definition) is 2. The van der Waals surface area contributed by atoms with Crippen molar-refractivity contribution in [3.05, 3.63) is 12.7 Å². The molecule has 0 aliphatic carbocycles. The second kappa shape index (κ2) is 6.78. The maximum Gasteiger partial charge on any atom is 0.0373 e. The molecular weight excluding hydrogens is 124 g/mol. The first-order chi connectivity index (χ1) is 4.93. The Morgan fingerprint density at radius 1 is 1.40 bits per heavy atom. The Labute approximate surface area is 63.7 Å². The molecule has 0 amide bonds. The van der Waals surface area contributed by atoms with Crippen LogP contribution in [-0.2, 0) is 0 Å². The number of rotatable bonds is 1. The molecule has 1 rings (SSSR count). The van der Waals surface area contributed by atoms with Crippen molar-refractivity contribution in [1.82, 2.24) is 10.6 Å². The largest absolute Gasteiger partial charge is 0.314 e. The van der Waals surface area contributed by atoms with Crippen molar-refractivity contribution >= 4 is 0 Å². The van der Waals surface area contributed by atoms with Crippen LogP contribution in [0.3, 0.4) is 0 Å². The Morgan fingerprint density at radius 3 is 2.40 bits per heavy atom. The van der Waals surface area contributed by atoms with Crippen molar-refractivity contribution in [2.45, 2.75) is 19.9 Å². The molecule has 0 spiro atoms. The molecule has 1 aliphatic heterocycles. The van der Waals surface area contributed by atoms with E-state index >= 15 is 0 Å². The van der Waals surface area contributed by atoms with Gasteiger partial charge in [0.15, 0.2) is 0 Å². The van der Waals surface area contributed by atoms with E-state index in [9.17, 15) is 0 Å². The van der Waals surface area contributed by atoms with Gasteiger partial charge in [-0.3, -0.25) is 0 Å². The van der Waals surface area contributed by atoms with Crippen LogP contribution in [0.2, 0.25) is 0 Å². The van der Waals surface area contributed by atoms with Crippen LogP contribution in [0.25, 0.3) is 0 Å². The number of hydrogen-bond donors (Lipinski definition) is 2. The Morgan fingerprint density at radius 2 is 2.10 bits per heavy atom. The van der Waals surface area contributed by atoms with Crippen LogP contribution in [0, 0.1) is 0 Å². The third-order valence-corrected chi connectivity index (χ3v) is 1.36. The molecule has 0 bridgehead atoms.